The summed E-state index contributed by atoms with van der Waals surface area (Å²) >= 11 is 0. The highest BCUT2D eigenvalue weighted by Gasteiger charge is 2.35. The van der Waals surface area contributed by atoms with Gasteiger partial charge in [-0.3, -0.25) is 0 Å². The number of hydrogen-bond donors (Lipinski definition) is 1. The predicted octanol–water partition coefficient (Wildman–Crippen LogP) is 3.42. The van der Waals surface area contributed by atoms with Crippen LogP contribution in [0.1, 0.15) is 64.7 Å². The van der Waals surface area contributed by atoms with Gasteiger partial charge < -0.3 is 10.2 Å². The van der Waals surface area contributed by atoms with Gasteiger partial charge in [-0.05, 0) is 69.5 Å². The van der Waals surface area contributed by atoms with Gasteiger partial charge in [0.15, 0.2) is 0 Å². The molecule has 1 saturated carbocycles. The molecule has 2 heteroatoms. The average molecular weight is 264 g/mol. The summed E-state index contributed by atoms with van der Waals surface area (Å²) in [5.74, 6) is 0.931. The summed E-state index contributed by atoms with van der Waals surface area (Å²) in [5, 5.41) is 3.73. The molecule has 3 rings (SSSR count). The number of piperidine rings is 2. The molecule has 2 saturated heterocycles. The molecule has 3 fully saturated rings. The van der Waals surface area contributed by atoms with Crippen molar-refractivity contribution in [2.75, 3.05) is 26.2 Å². The van der Waals surface area contributed by atoms with Gasteiger partial charge in [0.05, 0.1) is 0 Å². The molecular weight excluding hydrogens is 232 g/mol. The Morgan fingerprint density at radius 3 is 2.47 bits per heavy atom. The Labute approximate surface area is 119 Å². The highest BCUT2D eigenvalue weighted by Crippen LogP contribution is 2.44. The zero-order chi connectivity index (χ0) is 13.1. The molecule has 1 N–H and O–H groups in total. The van der Waals surface area contributed by atoms with Crippen LogP contribution in [0.2, 0.25) is 0 Å². The summed E-state index contributed by atoms with van der Waals surface area (Å²) in [7, 11) is 0. The molecule has 0 amide bonds. The van der Waals surface area contributed by atoms with E-state index in [9.17, 15) is 0 Å². The summed E-state index contributed by atoms with van der Waals surface area (Å²) in [6.45, 7) is 7.70. The molecule has 0 aromatic heterocycles. The van der Waals surface area contributed by atoms with Gasteiger partial charge in [-0.1, -0.05) is 26.2 Å². The van der Waals surface area contributed by atoms with Crippen molar-refractivity contribution >= 4 is 0 Å². The Morgan fingerprint density at radius 1 is 1.05 bits per heavy atom. The van der Waals surface area contributed by atoms with Crippen LogP contribution in [0.4, 0.5) is 0 Å². The molecule has 1 spiro atoms. The van der Waals surface area contributed by atoms with E-state index in [2.05, 4.69) is 17.1 Å². The second-order valence-electron chi connectivity index (χ2n) is 7.64. The van der Waals surface area contributed by atoms with E-state index in [0.29, 0.717) is 0 Å². The summed E-state index contributed by atoms with van der Waals surface area (Å²) in [4.78, 5) is 2.75. The van der Waals surface area contributed by atoms with Crippen LogP contribution < -0.4 is 5.32 Å². The van der Waals surface area contributed by atoms with Crippen LogP contribution in [-0.2, 0) is 0 Å². The lowest BCUT2D eigenvalue weighted by Gasteiger charge is -2.45. The lowest BCUT2D eigenvalue weighted by molar-refractivity contribution is 0.0595. The second-order valence-corrected chi connectivity index (χ2v) is 7.64. The molecule has 2 aliphatic heterocycles. The zero-order valence-electron chi connectivity index (χ0n) is 12.8. The van der Waals surface area contributed by atoms with Gasteiger partial charge in [-0.25, -0.2) is 0 Å². The van der Waals surface area contributed by atoms with Crippen molar-refractivity contribution in [1.29, 1.82) is 0 Å². The first-order chi connectivity index (χ1) is 9.26. The Bertz CT molecular complexity index is 273. The monoisotopic (exact) mass is 264 g/mol. The average Bonchev–Trinajstić information content (AvgIpc) is 2.43. The van der Waals surface area contributed by atoms with Crippen molar-refractivity contribution in [1.82, 2.24) is 10.2 Å². The van der Waals surface area contributed by atoms with E-state index < -0.39 is 0 Å². The summed E-state index contributed by atoms with van der Waals surface area (Å²) in [6, 6.07) is 0.768. The molecule has 0 aromatic carbocycles. The fourth-order valence-corrected chi connectivity index (χ4v) is 4.68. The first-order valence-corrected chi connectivity index (χ1v) is 8.72. The largest absolute Gasteiger partial charge is 0.313 e. The van der Waals surface area contributed by atoms with E-state index in [0.717, 1.165) is 17.4 Å². The minimum atomic E-state index is 0.766. The molecule has 2 nitrogen and oxygen atoms in total. The maximum absolute atomic E-state index is 3.73. The van der Waals surface area contributed by atoms with E-state index in [4.69, 9.17) is 0 Å². The van der Waals surface area contributed by atoms with Crippen molar-refractivity contribution in [3.8, 4) is 0 Å². The normalized spacial score (nSPS) is 36.5. The predicted molar refractivity (Wildman–Crippen MR) is 81.4 cm³/mol. The number of rotatable bonds is 2. The van der Waals surface area contributed by atoms with E-state index in [-0.39, 0.29) is 0 Å². The molecule has 0 aromatic rings. The lowest BCUT2D eigenvalue weighted by atomic mass is 9.68. The standard InChI is InChI=1S/C17H32N2/c1-15-5-10-18-16(13-15)14-19-11-8-17(9-12-19)6-3-2-4-7-17/h15-16,18H,2-14H2,1H3. The third-order valence-electron chi connectivity index (χ3n) is 6.07. The van der Waals surface area contributed by atoms with Crippen LogP contribution in [0.15, 0.2) is 0 Å². The molecule has 2 unspecified atom stereocenters. The Hall–Kier alpha value is -0.0800. The highest BCUT2D eigenvalue weighted by molar-refractivity contribution is 4.89. The quantitative estimate of drug-likeness (QED) is 0.822. The third kappa shape index (κ3) is 3.52. The lowest BCUT2D eigenvalue weighted by Crippen LogP contribution is -2.49. The van der Waals surface area contributed by atoms with Crippen LogP contribution in [0.3, 0.4) is 0 Å². The van der Waals surface area contributed by atoms with Crippen molar-refractivity contribution in [2.24, 2.45) is 11.3 Å². The van der Waals surface area contributed by atoms with Crippen LogP contribution in [0.5, 0.6) is 0 Å². The van der Waals surface area contributed by atoms with Gasteiger partial charge in [0.2, 0.25) is 0 Å². The number of likely N-dealkylation sites (tertiary alicyclic amines) is 1. The maximum Gasteiger partial charge on any atom is 0.0197 e. The molecule has 2 heterocycles. The van der Waals surface area contributed by atoms with Gasteiger partial charge >= 0.3 is 0 Å². The van der Waals surface area contributed by atoms with Crippen LogP contribution in [0, 0.1) is 11.3 Å². The molecule has 0 radical (unpaired) electrons. The molecule has 2 atom stereocenters. The highest BCUT2D eigenvalue weighted by atomic mass is 15.2. The van der Waals surface area contributed by atoms with Crippen molar-refractivity contribution < 1.29 is 0 Å². The fraction of sp³-hybridized carbons (Fsp3) is 1.00. The van der Waals surface area contributed by atoms with Crippen molar-refractivity contribution in [2.45, 2.75) is 70.8 Å². The van der Waals surface area contributed by atoms with Crippen molar-refractivity contribution in [3.63, 3.8) is 0 Å². The van der Waals surface area contributed by atoms with Crippen molar-refractivity contribution in [3.05, 3.63) is 0 Å². The number of nitrogens with zero attached hydrogens (tertiary/aromatic N) is 1. The first-order valence-electron chi connectivity index (χ1n) is 8.72. The van der Waals surface area contributed by atoms with Gasteiger partial charge in [0, 0.05) is 12.6 Å². The van der Waals surface area contributed by atoms with E-state index in [1.54, 1.807) is 0 Å². The number of nitrogens with one attached hydrogen (secondary N) is 1. The van der Waals surface area contributed by atoms with Crippen LogP contribution in [-0.4, -0.2) is 37.1 Å². The Kier molecular flexibility index (Phi) is 4.48. The van der Waals surface area contributed by atoms with Crippen LogP contribution in [0.25, 0.3) is 0 Å². The Morgan fingerprint density at radius 2 is 1.79 bits per heavy atom. The maximum atomic E-state index is 3.73. The molecule has 110 valence electrons. The third-order valence-corrected chi connectivity index (χ3v) is 6.07. The number of hydrogen-bond acceptors (Lipinski definition) is 2. The minimum absolute atomic E-state index is 0.766. The van der Waals surface area contributed by atoms with Gasteiger partial charge in [-0.15, -0.1) is 0 Å². The topological polar surface area (TPSA) is 15.3 Å². The van der Waals surface area contributed by atoms with Gasteiger partial charge in [0.25, 0.3) is 0 Å². The molecular formula is C17H32N2. The molecule has 3 aliphatic rings. The zero-order valence-corrected chi connectivity index (χ0v) is 12.8. The SMILES string of the molecule is CC1CCNC(CN2CCC3(CCCCC3)CC2)C1. The second kappa shape index (κ2) is 6.13. The van der Waals surface area contributed by atoms with Gasteiger partial charge in [-0.2, -0.15) is 0 Å². The summed E-state index contributed by atoms with van der Waals surface area (Å²) in [5.41, 5.74) is 0.766. The first kappa shape index (κ1) is 13.9. The molecule has 1 aliphatic carbocycles. The van der Waals surface area contributed by atoms with Crippen LogP contribution >= 0.6 is 0 Å². The Balaban J connectivity index is 1.44. The molecule has 0 bridgehead atoms. The summed E-state index contributed by atoms with van der Waals surface area (Å²) in [6.07, 6.45) is 13.3. The smallest absolute Gasteiger partial charge is 0.0197 e. The molecule has 19 heavy (non-hydrogen) atoms. The summed E-state index contributed by atoms with van der Waals surface area (Å²) < 4.78 is 0. The fourth-order valence-electron chi connectivity index (χ4n) is 4.68. The van der Waals surface area contributed by atoms with E-state index in [1.165, 1.54) is 84.0 Å². The van der Waals surface area contributed by atoms with E-state index >= 15 is 0 Å². The van der Waals surface area contributed by atoms with Gasteiger partial charge in [0.1, 0.15) is 0 Å². The van der Waals surface area contributed by atoms with E-state index in [1.807, 2.05) is 0 Å². The minimum Gasteiger partial charge on any atom is -0.313 e.